The third-order valence-electron chi connectivity index (χ3n) is 3.35. The van der Waals surface area contributed by atoms with E-state index in [9.17, 15) is 18.0 Å². The van der Waals surface area contributed by atoms with E-state index in [1.807, 2.05) is 0 Å². The zero-order valence-electron chi connectivity index (χ0n) is 11.4. The van der Waals surface area contributed by atoms with E-state index < -0.39 is 22.9 Å². The predicted molar refractivity (Wildman–Crippen MR) is 76.9 cm³/mol. The van der Waals surface area contributed by atoms with Gasteiger partial charge in [0.25, 0.3) is 0 Å². The van der Waals surface area contributed by atoms with Gasteiger partial charge in [-0.15, -0.1) is 0 Å². The van der Waals surface area contributed by atoms with E-state index in [1.54, 1.807) is 0 Å². The second-order valence-corrected chi connectivity index (χ2v) is 4.92. The lowest BCUT2D eigenvalue weighted by Gasteiger charge is -2.07. The highest BCUT2D eigenvalue weighted by Gasteiger charge is 2.16. The Balaban J connectivity index is 2.36. The molecule has 0 fully saturated rings. The average Bonchev–Trinajstić information content (AvgIpc) is 2.45. The molecule has 0 atom stereocenters. The lowest BCUT2D eigenvalue weighted by molar-refractivity contribution is 0.535. The number of halogens is 3. The van der Waals surface area contributed by atoms with Crippen LogP contribution in [0.5, 0.6) is 0 Å². The van der Waals surface area contributed by atoms with Crippen LogP contribution in [-0.2, 0) is 0 Å². The topological polar surface area (TPSA) is 56.2 Å². The van der Waals surface area contributed by atoms with E-state index in [2.05, 4.69) is 0 Å². The number of rotatable bonds is 1. The molecule has 0 aliphatic rings. The van der Waals surface area contributed by atoms with Gasteiger partial charge in [0.05, 0.1) is 5.39 Å². The highest BCUT2D eigenvalue weighted by molar-refractivity contribution is 5.80. The number of nitrogen functional groups attached to an aromatic ring is 1. The normalized spacial score (nSPS) is 11.1. The summed E-state index contributed by atoms with van der Waals surface area (Å²) in [6, 6.07) is 5.56. The molecule has 3 aromatic rings. The van der Waals surface area contributed by atoms with Crippen LogP contribution >= 0.6 is 0 Å². The van der Waals surface area contributed by atoms with E-state index in [0.717, 1.165) is 24.3 Å². The molecule has 2 aromatic carbocycles. The average molecular weight is 305 g/mol. The van der Waals surface area contributed by atoms with Crippen LogP contribution in [0.4, 0.5) is 18.9 Å². The van der Waals surface area contributed by atoms with E-state index in [-0.39, 0.29) is 33.5 Å². The standard InChI is InChI=1S/C16H10F3NO2/c1-7-12(18)5-11-13(21)6-14(22-16(11)15(7)19)8-2-9(17)4-10(20)3-8/h2-6H,20H2,1H3. The maximum absolute atomic E-state index is 14.1. The molecule has 22 heavy (non-hydrogen) atoms. The molecule has 0 unspecified atom stereocenters. The minimum Gasteiger partial charge on any atom is -0.453 e. The van der Waals surface area contributed by atoms with Crippen LogP contribution in [-0.4, -0.2) is 0 Å². The van der Waals surface area contributed by atoms with Gasteiger partial charge in [-0.2, -0.15) is 0 Å². The summed E-state index contributed by atoms with van der Waals surface area (Å²) in [6.45, 7) is 1.23. The molecule has 0 amide bonds. The van der Waals surface area contributed by atoms with Gasteiger partial charge in [0, 0.05) is 22.9 Å². The van der Waals surface area contributed by atoms with Crippen molar-refractivity contribution in [3.63, 3.8) is 0 Å². The number of hydrogen-bond donors (Lipinski definition) is 1. The number of benzene rings is 2. The number of fused-ring (bicyclic) bond motifs is 1. The second-order valence-electron chi connectivity index (χ2n) is 4.92. The van der Waals surface area contributed by atoms with Gasteiger partial charge in [-0.1, -0.05) is 0 Å². The Morgan fingerprint density at radius 1 is 1.05 bits per heavy atom. The molecule has 0 spiro atoms. The van der Waals surface area contributed by atoms with Crippen LogP contribution in [0, 0.1) is 24.4 Å². The lowest BCUT2D eigenvalue weighted by Crippen LogP contribution is -2.04. The van der Waals surface area contributed by atoms with Crippen molar-refractivity contribution in [2.24, 2.45) is 0 Å². The van der Waals surface area contributed by atoms with Crippen molar-refractivity contribution in [3.8, 4) is 11.3 Å². The lowest BCUT2D eigenvalue weighted by atomic mass is 10.1. The molecule has 3 rings (SSSR count). The van der Waals surface area contributed by atoms with Gasteiger partial charge < -0.3 is 10.2 Å². The monoisotopic (exact) mass is 305 g/mol. The Bertz CT molecular complexity index is 943. The van der Waals surface area contributed by atoms with Gasteiger partial charge in [0.15, 0.2) is 16.8 Å². The zero-order chi connectivity index (χ0) is 16.0. The molecule has 0 saturated carbocycles. The molecule has 0 aliphatic heterocycles. The van der Waals surface area contributed by atoms with Gasteiger partial charge in [0.2, 0.25) is 0 Å². The Morgan fingerprint density at radius 3 is 2.45 bits per heavy atom. The summed E-state index contributed by atoms with van der Waals surface area (Å²) < 4.78 is 46.4. The summed E-state index contributed by atoms with van der Waals surface area (Å²) in [4.78, 5) is 12.0. The first-order valence-electron chi connectivity index (χ1n) is 6.35. The largest absolute Gasteiger partial charge is 0.453 e. The summed E-state index contributed by atoms with van der Waals surface area (Å²) in [6.07, 6.45) is 0. The van der Waals surface area contributed by atoms with Gasteiger partial charge in [-0.05, 0) is 31.2 Å². The molecule has 1 heterocycles. The maximum atomic E-state index is 14.1. The van der Waals surface area contributed by atoms with Crippen molar-refractivity contribution in [1.29, 1.82) is 0 Å². The Labute approximate surface area is 122 Å². The molecular formula is C16H10F3NO2. The summed E-state index contributed by atoms with van der Waals surface area (Å²) in [5.74, 6) is -2.46. The fraction of sp³-hybridized carbons (Fsp3) is 0.0625. The molecule has 0 saturated heterocycles. The summed E-state index contributed by atoms with van der Waals surface area (Å²) in [7, 11) is 0. The third-order valence-corrected chi connectivity index (χ3v) is 3.35. The van der Waals surface area contributed by atoms with E-state index in [1.165, 1.54) is 13.0 Å². The summed E-state index contributed by atoms with van der Waals surface area (Å²) in [5, 5.41) is -0.214. The van der Waals surface area contributed by atoms with E-state index >= 15 is 0 Å². The highest BCUT2D eigenvalue weighted by atomic mass is 19.1. The molecule has 1 aromatic heterocycles. The Morgan fingerprint density at radius 2 is 1.77 bits per heavy atom. The van der Waals surface area contributed by atoms with Crippen LogP contribution in [0.3, 0.4) is 0 Å². The number of hydrogen-bond acceptors (Lipinski definition) is 3. The minimum atomic E-state index is -0.960. The quantitative estimate of drug-likeness (QED) is 0.696. The highest BCUT2D eigenvalue weighted by Crippen LogP contribution is 2.28. The van der Waals surface area contributed by atoms with Gasteiger partial charge in [0.1, 0.15) is 17.4 Å². The molecule has 6 heteroatoms. The zero-order valence-corrected chi connectivity index (χ0v) is 11.4. The van der Waals surface area contributed by atoms with Crippen LogP contribution in [0.1, 0.15) is 5.56 Å². The third kappa shape index (κ3) is 2.22. The predicted octanol–water partition coefficient (Wildman–Crippen LogP) is 3.77. The summed E-state index contributed by atoms with van der Waals surface area (Å²) >= 11 is 0. The maximum Gasteiger partial charge on any atom is 0.193 e. The van der Waals surface area contributed by atoms with Crippen molar-refractivity contribution in [3.05, 3.63) is 63.6 Å². The van der Waals surface area contributed by atoms with Gasteiger partial charge in [-0.25, -0.2) is 13.2 Å². The van der Waals surface area contributed by atoms with Crippen LogP contribution in [0.25, 0.3) is 22.3 Å². The van der Waals surface area contributed by atoms with E-state index in [0.29, 0.717) is 0 Å². The van der Waals surface area contributed by atoms with Gasteiger partial charge in [-0.3, -0.25) is 4.79 Å². The SMILES string of the molecule is Cc1c(F)cc2c(=O)cc(-c3cc(N)cc(F)c3)oc2c1F. The Kier molecular flexibility index (Phi) is 3.16. The molecule has 3 nitrogen and oxygen atoms in total. The van der Waals surface area contributed by atoms with Crippen molar-refractivity contribution >= 4 is 16.7 Å². The van der Waals surface area contributed by atoms with Crippen LogP contribution in [0.2, 0.25) is 0 Å². The molecule has 0 aliphatic carbocycles. The first-order valence-corrected chi connectivity index (χ1v) is 6.35. The second kappa shape index (κ2) is 4.91. The van der Waals surface area contributed by atoms with Crippen molar-refractivity contribution in [2.75, 3.05) is 5.73 Å². The first kappa shape index (κ1) is 14.2. The number of nitrogens with two attached hydrogens (primary N) is 1. The van der Waals surface area contributed by atoms with Crippen molar-refractivity contribution < 1.29 is 17.6 Å². The number of anilines is 1. The molecule has 0 bridgehead atoms. The fourth-order valence-corrected chi connectivity index (χ4v) is 2.21. The fourth-order valence-electron chi connectivity index (χ4n) is 2.21. The summed E-state index contributed by atoms with van der Waals surface area (Å²) in [5.41, 5.74) is 4.61. The molecule has 2 N–H and O–H groups in total. The van der Waals surface area contributed by atoms with E-state index in [4.69, 9.17) is 10.2 Å². The van der Waals surface area contributed by atoms with Gasteiger partial charge >= 0.3 is 0 Å². The van der Waals surface area contributed by atoms with Crippen molar-refractivity contribution in [1.82, 2.24) is 0 Å². The first-order chi connectivity index (χ1) is 10.4. The van der Waals surface area contributed by atoms with Crippen LogP contribution < -0.4 is 11.2 Å². The molecule has 0 radical (unpaired) electrons. The van der Waals surface area contributed by atoms with Crippen LogP contribution in [0.15, 0.2) is 39.5 Å². The molecule has 112 valence electrons. The minimum absolute atomic E-state index is 0.0476. The van der Waals surface area contributed by atoms with Crippen molar-refractivity contribution in [2.45, 2.75) is 6.92 Å². The Hall–Kier alpha value is -2.76. The smallest absolute Gasteiger partial charge is 0.193 e. The molecular weight excluding hydrogens is 295 g/mol.